The first-order valence-electron chi connectivity index (χ1n) is 6.47. The molecule has 0 bridgehead atoms. The number of carbonyl (C=O) groups excluding carboxylic acids is 1. The van der Waals surface area contributed by atoms with Gasteiger partial charge in [-0.2, -0.15) is 13.2 Å². The van der Waals surface area contributed by atoms with Crippen LogP contribution < -0.4 is 4.90 Å². The van der Waals surface area contributed by atoms with Gasteiger partial charge in [0.05, 0.1) is 17.7 Å². The Balaban J connectivity index is 2.78. The van der Waals surface area contributed by atoms with Crippen LogP contribution in [0.25, 0.3) is 10.9 Å². The average molecular weight is 313 g/mol. The molecule has 0 aliphatic heterocycles. The summed E-state index contributed by atoms with van der Waals surface area (Å²) in [7, 11) is 3.40. The van der Waals surface area contributed by atoms with Crippen molar-refractivity contribution in [2.45, 2.75) is 13.1 Å². The van der Waals surface area contributed by atoms with Crippen LogP contribution in [-0.2, 0) is 10.9 Å². The zero-order valence-corrected chi connectivity index (χ0v) is 12.2. The number of halogens is 3. The summed E-state index contributed by atoms with van der Waals surface area (Å²) in [5.41, 5.74) is -1.76. The highest BCUT2D eigenvalue weighted by Crippen LogP contribution is 2.34. The first-order chi connectivity index (χ1) is 10.3. The fourth-order valence-corrected chi connectivity index (χ4v) is 2.02. The van der Waals surface area contributed by atoms with Crippen molar-refractivity contribution in [3.8, 4) is 0 Å². The van der Waals surface area contributed by atoms with Crippen molar-refractivity contribution in [2.24, 2.45) is 0 Å². The van der Waals surface area contributed by atoms with E-state index in [1.54, 1.807) is 19.0 Å². The molecule has 2 heterocycles. The number of rotatable bonds is 3. The fourth-order valence-electron chi connectivity index (χ4n) is 2.02. The van der Waals surface area contributed by atoms with Gasteiger partial charge in [-0.1, -0.05) is 0 Å². The van der Waals surface area contributed by atoms with Gasteiger partial charge < -0.3 is 9.64 Å². The van der Waals surface area contributed by atoms with Crippen molar-refractivity contribution in [2.75, 3.05) is 25.6 Å². The summed E-state index contributed by atoms with van der Waals surface area (Å²) < 4.78 is 44.1. The molecule has 2 aromatic rings. The monoisotopic (exact) mass is 313 g/mol. The molecule has 0 atom stereocenters. The molecule has 0 aliphatic carbocycles. The van der Waals surface area contributed by atoms with Crippen LogP contribution in [0.15, 0.2) is 18.3 Å². The Kier molecular flexibility index (Phi) is 4.20. The number of carbonyl (C=O) groups is 1. The lowest BCUT2D eigenvalue weighted by Crippen LogP contribution is -2.18. The van der Waals surface area contributed by atoms with Crippen LogP contribution in [0.4, 0.5) is 19.0 Å². The maximum atomic E-state index is 13.1. The molecule has 0 aliphatic rings. The van der Waals surface area contributed by atoms with Crippen molar-refractivity contribution in [3.63, 3.8) is 0 Å². The fraction of sp³-hybridized carbons (Fsp3) is 0.357. The van der Waals surface area contributed by atoms with Crippen LogP contribution in [0.5, 0.6) is 0 Å². The number of ether oxygens (including phenoxy) is 1. The van der Waals surface area contributed by atoms with Gasteiger partial charge >= 0.3 is 12.1 Å². The Morgan fingerprint density at radius 1 is 1.36 bits per heavy atom. The van der Waals surface area contributed by atoms with Crippen LogP contribution in [0.3, 0.4) is 0 Å². The van der Waals surface area contributed by atoms with Crippen molar-refractivity contribution in [1.29, 1.82) is 0 Å². The second kappa shape index (κ2) is 5.78. The number of aromatic nitrogens is 2. The summed E-state index contributed by atoms with van der Waals surface area (Å²) in [6.07, 6.45) is -3.38. The van der Waals surface area contributed by atoms with Gasteiger partial charge in [0.15, 0.2) is 5.69 Å². The molecule has 0 saturated heterocycles. The van der Waals surface area contributed by atoms with Crippen LogP contribution in [0.2, 0.25) is 0 Å². The van der Waals surface area contributed by atoms with Gasteiger partial charge in [-0.3, -0.25) is 0 Å². The molecule has 5 nitrogen and oxygen atoms in total. The third-order valence-corrected chi connectivity index (χ3v) is 2.91. The van der Waals surface area contributed by atoms with E-state index in [4.69, 9.17) is 4.74 Å². The first kappa shape index (κ1) is 16.0. The largest absolute Gasteiger partial charge is 0.462 e. The summed E-state index contributed by atoms with van der Waals surface area (Å²) in [6.45, 7) is 1.49. The lowest BCUT2D eigenvalue weighted by atomic mass is 10.1. The molecular formula is C14H14F3N3O2. The predicted octanol–water partition coefficient (Wildman–Crippen LogP) is 2.89. The number of hydrogen-bond acceptors (Lipinski definition) is 5. The summed E-state index contributed by atoms with van der Waals surface area (Å²) in [4.78, 5) is 21.2. The molecule has 0 amide bonds. The van der Waals surface area contributed by atoms with Crippen LogP contribution in [0.1, 0.15) is 23.0 Å². The second-order valence-electron chi connectivity index (χ2n) is 4.70. The molecule has 0 unspecified atom stereocenters. The number of anilines is 1. The van der Waals surface area contributed by atoms with Crippen molar-refractivity contribution in [1.82, 2.24) is 9.97 Å². The third-order valence-electron chi connectivity index (χ3n) is 2.91. The standard InChI is InChI=1S/C14H14F3N3O2/c1-4-22-13(21)9-7-8-10(19-11(9)14(15,16)17)5-6-18-12(8)20(2)3/h5-7H,4H2,1-3H3. The van der Waals surface area contributed by atoms with Gasteiger partial charge in [-0.05, 0) is 19.1 Å². The minimum atomic E-state index is -4.75. The second-order valence-corrected chi connectivity index (χ2v) is 4.70. The number of esters is 1. The zero-order valence-electron chi connectivity index (χ0n) is 12.2. The maximum Gasteiger partial charge on any atom is 0.434 e. The SMILES string of the molecule is CCOC(=O)c1cc2c(N(C)C)nccc2nc1C(F)(F)F. The molecule has 8 heteroatoms. The lowest BCUT2D eigenvalue weighted by molar-refractivity contribution is -0.141. The van der Waals surface area contributed by atoms with Gasteiger partial charge in [-0.15, -0.1) is 0 Å². The number of pyridine rings is 2. The lowest BCUT2D eigenvalue weighted by Gasteiger charge is -2.16. The highest BCUT2D eigenvalue weighted by molar-refractivity contribution is 5.98. The van der Waals surface area contributed by atoms with Gasteiger partial charge in [0, 0.05) is 25.7 Å². The van der Waals surface area contributed by atoms with Gasteiger partial charge in [-0.25, -0.2) is 14.8 Å². The van der Waals surface area contributed by atoms with Crippen molar-refractivity contribution >= 4 is 22.7 Å². The zero-order chi connectivity index (χ0) is 16.5. The summed E-state index contributed by atoms with van der Waals surface area (Å²) in [5, 5.41) is 0.351. The van der Waals surface area contributed by atoms with Gasteiger partial charge in [0.1, 0.15) is 5.82 Å². The normalized spacial score (nSPS) is 11.5. The molecule has 0 saturated carbocycles. The molecule has 0 spiro atoms. The first-order valence-corrected chi connectivity index (χ1v) is 6.47. The van der Waals surface area contributed by atoms with E-state index in [0.717, 1.165) is 6.07 Å². The summed E-state index contributed by atoms with van der Waals surface area (Å²) >= 11 is 0. The minimum absolute atomic E-state index is 0.0260. The Morgan fingerprint density at radius 2 is 2.05 bits per heavy atom. The van der Waals surface area contributed by atoms with E-state index in [9.17, 15) is 18.0 Å². The number of nitrogens with zero attached hydrogens (tertiary/aromatic N) is 3. The Hall–Kier alpha value is -2.38. The van der Waals surface area contributed by atoms with Gasteiger partial charge in [0.25, 0.3) is 0 Å². The maximum absolute atomic E-state index is 13.1. The summed E-state index contributed by atoms with van der Waals surface area (Å²) in [5.74, 6) is -0.637. The van der Waals surface area contributed by atoms with Crippen LogP contribution in [-0.4, -0.2) is 36.6 Å². The molecule has 22 heavy (non-hydrogen) atoms. The number of alkyl halides is 3. The molecular weight excluding hydrogens is 299 g/mol. The van der Waals surface area contributed by atoms with Crippen LogP contribution >= 0.6 is 0 Å². The molecule has 0 radical (unpaired) electrons. The van der Waals surface area contributed by atoms with Crippen molar-refractivity contribution < 1.29 is 22.7 Å². The molecule has 2 rings (SSSR count). The third kappa shape index (κ3) is 2.95. The van der Waals surface area contributed by atoms with E-state index >= 15 is 0 Å². The van der Waals surface area contributed by atoms with Crippen molar-refractivity contribution in [3.05, 3.63) is 29.6 Å². The highest BCUT2D eigenvalue weighted by atomic mass is 19.4. The predicted molar refractivity (Wildman–Crippen MR) is 74.8 cm³/mol. The number of hydrogen-bond donors (Lipinski definition) is 0. The van der Waals surface area contributed by atoms with E-state index in [-0.39, 0.29) is 12.1 Å². The quantitative estimate of drug-likeness (QED) is 0.816. The molecule has 0 N–H and O–H groups in total. The molecule has 118 valence electrons. The Labute approximate surface area is 124 Å². The van der Waals surface area contributed by atoms with E-state index in [2.05, 4.69) is 9.97 Å². The van der Waals surface area contributed by atoms with E-state index < -0.39 is 23.4 Å². The van der Waals surface area contributed by atoms with E-state index in [1.165, 1.54) is 19.2 Å². The summed E-state index contributed by atoms with van der Waals surface area (Å²) in [6, 6.07) is 2.50. The minimum Gasteiger partial charge on any atom is -0.462 e. The average Bonchev–Trinajstić information content (AvgIpc) is 2.44. The smallest absolute Gasteiger partial charge is 0.434 e. The topological polar surface area (TPSA) is 55.3 Å². The van der Waals surface area contributed by atoms with Crippen LogP contribution in [0, 0.1) is 0 Å². The highest BCUT2D eigenvalue weighted by Gasteiger charge is 2.38. The van der Waals surface area contributed by atoms with E-state index in [1.807, 2.05) is 0 Å². The molecule has 0 fully saturated rings. The molecule has 2 aromatic heterocycles. The van der Waals surface area contributed by atoms with E-state index in [0.29, 0.717) is 11.2 Å². The molecule has 0 aromatic carbocycles. The Morgan fingerprint density at radius 3 is 2.59 bits per heavy atom. The van der Waals surface area contributed by atoms with Gasteiger partial charge in [0.2, 0.25) is 0 Å². The number of fused-ring (bicyclic) bond motifs is 1. The Bertz CT molecular complexity index is 714.